The Labute approximate surface area is 191 Å². The fourth-order valence-corrected chi connectivity index (χ4v) is 4.14. The summed E-state index contributed by atoms with van der Waals surface area (Å²) in [6.07, 6.45) is 12.0. The number of nitrogens with one attached hydrogen (secondary N) is 2. The topological polar surface area (TPSA) is 58.1 Å². The van der Waals surface area contributed by atoms with E-state index in [4.69, 9.17) is 15.9 Å². The van der Waals surface area contributed by atoms with E-state index in [2.05, 4.69) is 26.4 Å². The van der Waals surface area contributed by atoms with E-state index in [1.165, 1.54) is 38.6 Å². The van der Waals surface area contributed by atoms with Gasteiger partial charge in [0, 0.05) is 38.8 Å². The predicted octanol–water partition coefficient (Wildman–Crippen LogP) is 3.01. The van der Waals surface area contributed by atoms with Crippen molar-refractivity contribution < 1.29 is 9.47 Å². The van der Waals surface area contributed by atoms with Crippen LogP contribution in [-0.4, -0.2) is 56.8 Å². The van der Waals surface area contributed by atoms with Crippen LogP contribution < -0.4 is 20.1 Å². The van der Waals surface area contributed by atoms with E-state index in [0.29, 0.717) is 24.1 Å². The number of guanidine groups is 1. The molecule has 1 atom stereocenters. The third-order valence-corrected chi connectivity index (χ3v) is 5.62. The molecule has 0 bridgehead atoms. The number of hydrogen-bond donors (Lipinski definition) is 2. The minimum absolute atomic E-state index is 0. The molecule has 160 valence electrons. The Morgan fingerprint density at radius 1 is 1.28 bits per heavy atom. The number of hydrogen-bond acceptors (Lipinski definition) is 4. The van der Waals surface area contributed by atoms with Gasteiger partial charge in [-0.2, -0.15) is 0 Å². The Hall–Kier alpha value is -1.66. The van der Waals surface area contributed by atoms with Crippen LogP contribution in [0.5, 0.6) is 11.5 Å². The van der Waals surface area contributed by atoms with Crippen molar-refractivity contribution in [2.75, 3.05) is 33.9 Å². The molecule has 1 heterocycles. The van der Waals surface area contributed by atoms with E-state index in [1.54, 1.807) is 7.11 Å². The normalized spacial score (nSPS) is 20.0. The van der Waals surface area contributed by atoms with Crippen molar-refractivity contribution in [3.63, 3.8) is 0 Å². The molecule has 1 aliphatic heterocycles. The Bertz CT molecular complexity index is 713. The maximum absolute atomic E-state index is 5.58. The average molecular weight is 512 g/mol. The van der Waals surface area contributed by atoms with Gasteiger partial charge in [-0.1, -0.05) is 24.8 Å². The van der Waals surface area contributed by atoms with E-state index in [1.807, 2.05) is 25.2 Å². The van der Waals surface area contributed by atoms with Crippen LogP contribution in [0.4, 0.5) is 0 Å². The van der Waals surface area contributed by atoms with Crippen molar-refractivity contribution in [1.29, 1.82) is 0 Å². The summed E-state index contributed by atoms with van der Waals surface area (Å²) in [5, 5.41) is 6.98. The second kappa shape index (κ2) is 12.1. The largest absolute Gasteiger partial charge is 0.493 e. The molecule has 2 N–H and O–H groups in total. The van der Waals surface area contributed by atoms with Gasteiger partial charge in [0.15, 0.2) is 17.5 Å². The van der Waals surface area contributed by atoms with Gasteiger partial charge in [0.1, 0.15) is 6.61 Å². The van der Waals surface area contributed by atoms with Crippen molar-refractivity contribution in [2.45, 2.75) is 50.7 Å². The summed E-state index contributed by atoms with van der Waals surface area (Å²) < 4.78 is 10.9. The molecule has 0 aromatic heterocycles. The van der Waals surface area contributed by atoms with Gasteiger partial charge >= 0.3 is 0 Å². The summed E-state index contributed by atoms with van der Waals surface area (Å²) in [4.78, 5) is 7.04. The molecule has 1 aromatic rings. The lowest BCUT2D eigenvalue weighted by atomic mass is 10.2. The lowest BCUT2D eigenvalue weighted by molar-refractivity contribution is 0.242. The molecular weight excluding hydrogens is 479 g/mol. The predicted molar refractivity (Wildman–Crippen MR) is 128 cm³/mol. The van der Waals surface area contributed by atoms with Crippen LogP contribution in [0.3, 0.4) is 0 Å². The minimum Gasteiger partial charge on any atom is -0.493 e. The maximum Gasteiger partial charge on any atom is 0.191 e. The van der Waals surface area contributed by atoms with Gasteiger partial charge in [-0.3, -0.25) is 9.89 Å². The van der Waals surface area contributed by atoms with Crippen LogP contribution in [0, 0.1) is 12.3 Å². The highest BCUT2D eigenvalue weighted by Crippen LogP contribution is 2.28. The van der Waals surface area contributed by atoms with Crippen molar-refractivity contribution in [2.24, 2.45) is 4.99 Å². The first-order valence-electron chi connectivity index (χ1n) is 10.2. The monoisotopic (exact) mass is 512 g/mol. The van der Waals surface area contributed by atoms with Gasteiger partial charge < -0.3 is 20.1 Å². The SMILES string of the molecule is C#CCOc1cc(CNC(=NC)NC2CCN(C3CCCC3)C2)ccc1OC.I. The Morgan fingerprint density at radius 2 is 2.07 bits per heavy atom. The molecule has 29 heavy (non-hydrogen) atoms. The molecule has 0 amide bonds. The van der Waals surface area contributed by atoms with Crippen LogP contribution in [0.25, 0.3) is 0 Å². The van der Waals surface area contributed by atoms with E-state index >= 15 is 0 Å². The third kappa shape index (κ3) is 6.68. The smallest absolute Gasteiger partial charge is 0.191 e. The summed E-state index contributed by atoms with van der Waals surface area (Å²) in [6, 6.07) is 7.11. The Balaban J connectivity index is 0.00000300. The molecule has 1 unspecified atom stereocenters. The summed E-state index contributed by atoms with van der Waals surface area (Å²) in [7, 11) is 3.44. The van der Waals surface area contributed by atoms with Gasteiger partial charge in [0.25, 0.3) is 0 Å². The van der Waals surface area contributed by atoms with Crippen molar-refractivity contribution in [3.05, 3.63) is 23.8 Å². The molecule has 0 radical (unpaired) electrons. The van der Waals surface area contributed by atoms with Gasteiger partial charge in [-0.25, -0.2) is 0 Å². The highest BCUT2D eigenvalue weighted by molar-refractivity contribution is 14.0. The average Bonchev–Trinajstić information content (AvgIpc) is 3.41. The zero-order valence-corrected chi connectivity index (χ0v) is 19.8. The van der Waals surface area contributed by atoms with Crippen molar-refractivity contribution in [1.82, 2.24) is 15.5 Å². The number of nitrogens with zero attached hydrogens (tertiary/aromatic N) is 2. The van der Waals surface area contributed by atoms with Crippen LogP contribution in [-0.2, 0) is 6.54 Å². The third-order valence-electron chi connectivity index (χ3n) is 5.62. The Kier molecular flexibility index (Phi) is 9.88. The lowest BCUT2D eigenvalue weighted by Gasteiger charge is -2.24. The molecule has 1 aliphatic carbocycles. The highest BCUT2D eigenvalue weighted by Gasteiger charge is 2.30. The fourth-order valence-electron chi connectivity index (χ4n) is 4.14. The molecule has 6 nitrogen and oxygen atoms in total. The van der Waals surface area contributed by atoms with Crippen LogP contribution in [0.15, 0.2) is 23.2 Å². The first-order chi connectivity index (χ1) is 13.7. The molecule has 1 aromatic carbocycles. The molecule has 7 heteroatoms. The lowest BCUT2D eigenvalue weighted by Crippen LogP contribution is -2.45. The number of benzene rings is 1. The quantitative estimate of drug-likeness (QED) is 0.255. The highest BCUT2D eigenvalue weighted by atomic mass is 127. The number of aliphatic imine (C=N–C) groups is 1. The van der Waals surface area contributed by atoms with Crippen LogP contribution >= 0.6 is 24.0 Å². The van der Waals surface area contributed by atoms with E-state index < -0.39 is 0 Å². The standard InChI is InChI=1S/C22H32N4O2.HI/c1-4-13-28-21-14-17(9-10-20(21)27-3)15-24-22(23-2)25-18-11-12-26(16-18)19-7-5-6-8-19;/h1,9-10,14,18-19H,5-8,11-13,15-16H2,2-3H3,(H2,23,24,25);1H. The van der Waals surface area contributed by atoms with E-state index in [9.17, 15) is 0 Å². The zero-order valence-electron chi connectivity index (χ0n) is 17.4. The molecule has 1 saturated heterocycles. The first kappa shape index (κ1) is 23.6. The maximum atomic E-state index is 5.58. The first-order valence-corrected chi connectivity index (χ1v) is 10.2. The van der Waals surface area contributed by atoms with Crippen LogP contribution in [0.2, 0.25) is 0 Å². The number of halogens is 1. The Morgan fingerprint density at radius 3 is 2.76 bits per heavy atom. The van der Waals surface area contributed by atoms with Gasteiger partial charge in [0.05, 0.1) is 7.11 Å². The fraction of sp³-hybridized carbons (Fsp3) is 0.591. The van der Waals surface area contributed by atoms with Gasteiger partial charge in [-0.15, -0.1) is 30.4 Å². The number of rotatable bonds is 7. The second-order valence-electron chi connectivity index (χ2n) is 7.47. The minimum atomic E-state index is 0. The number of likely N-dealkylation sites (tertiary alicyclic amines) is 1. The van der Waals surface area contributed by atoms with Gasteiger partial charge in [-0.05, 0) is 37.0 Å². The summed E-state index contributed by atoms with van der Waals surface area (Å²) in [6.45, 7) is 3.16. The second-order valence-corrected chi connectivity index (χ2v) is 7.47. The molecule has 2 aliphatic rings. The molecule has 0 spiro atoms. The van der Waals surface area contributed by atoms with Crippen molar-refractivity contribution in [3.8, 4) is 23.8 Å². The molecule has 2 fully saturated rings. The summed E-state index contributed by atoms with van der Waals surface area (Å²) in [5.74, 6) is 4.66. The van der Waals surface area contributed by atoms with Crippen molar-refractivity contribution >= 4 is 29.9 Å². The zero-order chi connectivity index (χ0) is 19.8. The molecular formula is C22H33IN4O2. The number of terminal acetylenes is 1. The summed E-state index contributed by atoms with van der Waals surface area (Å²) in [5.41, 5.74) is 1.08. The van der Waals surface area contributed by atoms with Crippen LogP contribution in [0.1, 0.15) is 37.7 Å². The summed E-state index contributed by atoms with van der Waals surface area (Å²) >= 11 is 0. The molecule has 1 saturated carbocycles. The van der Waals surface area contributed by atoms with E-state index in [-0.39, 0.29) is 30.6 Å². The van der Waals surface area contributed by atoms with E-state index in [0.717, 1.165) is 24.1 Å². The number of ether oxygens (including phenoxy) is 2. The molecule has 3 rings (SSSR count). The van der Waals surface area contributed by atoms with Gasteiger partial charge in [0.2, 0.25) is 0 Å². The number of methoxy groups -OCH3 is 1.